The fraction of sp³-hybridized carbons (Fsp3) is 0.242. The van der Waals surface area contributed by atoms with E-state index in [4.69, 9.17) is 0 Å². The van der Waals surface area contributed by atoms with Gasteiger partial charge in [-0.15, -0.1) is 0 Å². The van der Waals surface area contributed by atoms with Crippen molar-refractivity contribution in [2.75, 3.05) is 0 Å². The molecule has 2 nitrogen and oxygen atoms in total. The van der Waals surface area contributed by atoms with Crippen LogP contribution in [0.1, 0.15) is 54.6 Å². The third-order valence-corrected chi connectivity index (χ3v) is 7.25. The van der Waals surface area contributed by atoms with E-state index in [9.17, 15) is 4.79 Å². The van der Waals surface area contributed by atoms with Crippen LogP contribution in [0.4, 0.5) is 0 Å². The summed E-state index contributed by atoms with van der Waals surface area (Å²) in [7, 11) is 0. The van der Waals surface area contributed by atoms with E-state index in [-0.39, 0.29) is 11.9 Å². The monoisotopic (exact) mass is 459 g/mol. The summed E-state index contributed by atoms with van der Waals surface area (Å²) in [6.45, 7) is 2.25. The van der Waals surface area contributed by atoms with Gasteiger partial charge in [0.1, 0.15) is 0 Å². The van der Waals surface area contributed by atoms with E-state index in [1.165, 1.54) is 42.4 Å². The summed E-state index contributed by atoms with van der Waals surface area (Å²) >= 11 is 0. The summed E-state index contributed by atoms with van der Waals surface area (Å²) in [5.41, 5.74) is 6.61. The van der Waals surface area contributed by atoms with Crippen molar-refractivity contribution in [3.8, 4) is 22.3 Å². The van der Waals surface area contributed by atoms with Gasteiger partial charge in [0.05, 0.1) is 6.04 Å². The van der Waals surface area contributed by atoms with Gasteiger partial charge in [0.2, 0.25) is 0 Å². The number of rotatable bonds is 9. The van der Waals surface area contributed by atoms with Crippen LogP contribution in [0, 0.1) is 11.8 Å². The minimum Gasteiger partial charge on any atom is -0.345 e. The lowest BCUT2D eigenvalue weighted by Gasteiger charge is -2.20. The van der Waals surface area contributed by atoms with Crippen LogP contribution in [0.25, 0.3) is 22.3 Å². The topological polar surface area (TPSA) is 29.1 Å². The van der Waals surface area contributed by atoms with Gasteiger partial charge in [-0.25, -0.2) is 0 Å². The first-order valence-electron chi connectivity index (χ1n) is 12.8. The molecule has 0 aromatic heterocycles. The third kappa shape index (κ3) is 5.54. The van der Waals surface area contributed by atoms with Crippen molar-refractivity contribution >= 4 is 5.91 Å². The Hall–Kier alpha value is -3.65. The molecule has 0 spiro atoms. The first-order valence-corrected chi connectivity index (χ1v) is 12.8. The van der Waals surface area contributed by atoms with E-state index in [1.807, 2.05) is 48.5 Å². The van der Waals surface area contributed by atoms with Crippen LogP contribution in [-0.2, 0) is 0 Å². The van der Waals surface area contributed by atoms with Gasteiger partial charge in [0.15, 0.2) is 0 Å². The number of carbonyl (C=O) groups excluding carboxylic acids is 1. The van der Waals surface area contributed by atoms with Gasteiger partial charge in [0.25, 0.3) is 5.91 Å². The number of amides is 1. The van der Waals surface area contributed by atoms with Gasteiger partial charge in [-0.05, 0) is 58.2 Å². The van der Waals surface area contributed by atoms with Crippen molar-refractivity contribution in [1.82, 2.24) is 5.32 Å². The van der Waals surface area contributed by atoms with Gasteiger partial charge in [-0.3, -0.25) is 4.79 Å². The highest BCUT2D eigenvalue weighted by molar-refractivity contribution is 5.95. The van der Waals surface area contributed by atoms with E-state index in [1.54, 1.807) is 0 Å². The lowest BCUT2D eigenvalue weighted by molar-refractivity contribution is 0.0930. The van der Waals surface area contributed by atoms with Crippen molar-refractivity contribution in [2.24, 2.45) is 11.8 Å². The summed E-state index contributed by atoms with van der Waals surface area (Å²) in [5.74, 6) is 1.22. The second kappa shape index (κ2) is 10.7. The normalized spacial score (nSPS) is 17.5. The highest BCUT2D eigenvalue weighted by Gasteiger charge is 2.43. The molecule has 1 fully saturated rings. The summed E-state index contributed by atoms with van der Waals surface area (Å²) in [5, 5.41) is 3.40. The van der Waals surface area contributed by atoms with Crippen LogP contribution in [-0.4, -0.2) is 5.91 Å². The van der Waals surface area contributed by atoms with Crippen molar-refractivity contribution in [3.05, 3.63) is 120 Å². The van der Waals surface area contributed by atoms with Crippen LogP contribution < -0.4 is 5.32 Å². The zero-order valence-corrected chi connectivity index (χ0v) is 20.4. The maximum absolute atomic E-state index is 13.3. The van der Waals surface area contributed by atoms with Crippen molar-refractivity contribution in [3.63, 3.8) is 0 Å². The number of nitrogens with one attached hydrogen (secondary N) is 1. The average Bonchev–Trinajstić information content (AvgIpc) is 3.71. The molecular formula is C33H33NO. The first kappa shape index (κ1) is 23.1. The molecule has 3 atom stereocenters. The Labute approximate surface area is 209 Å². The summed E-state index contributed by atoms with van der Waals surface area (Å²) in [4.78, 5) is 13.3. The molecule has 4 aromatic rings. The van der Waals surface area contributed by atoms with Crippen LogP contribution in [0.15, 0.2) is 109 Å². The predicted molar refractivity (Wildman–Crippen MR) is 145 cm³/mol. The second-order valence-electron chi connectivity index (χ2n) is 9.68. The van der Waals surface area contributed by atoms with Crippen molar-refractivity contribution in [2.45, 2.75) is 38.6 Å². The molecule has 2 heteroatoms. The Morgan fingerprint density at radius 2 is 1.26 bits per heavy atom. The highest BCUT2D eigenvalue weighted by Crippen LogP contribution is 2.50. The van der Waals surface area contributed by atoms with E-state index < -0.39 is 0 Å². The Bertz CT molecular complexity index is 1230. The molecule has 0 radical (unpaired) electrons. The Kier molecular flexibility index (Phi) is 7.09. The molecule has 176 valence electrons. The molecular weight excluding hydrogens is 426 g/mol. The molecule has 1 aliphatic rings. The highest BCUT2D eigenvalue weighted by atomic mass is 16.1. The SMILES string of the molecule is CCCC[C@@H]1C[C@H]1C(NC(=O)c1ccc(-c2ccccc2)cc1)c1ccc(-c2ccccc2)cc1. The van der Waals surface area contributed by atoms with Gasteiger partial charge in [-0.2, -0.15) is 0 Å². The zero-order chi connectivity index (χ0) is 24.0. The standard InChI is InChI=1S/C33H33NO/c1-2-3-10-30-23-31(30)32(28-19-15-26(16-20-28)24-11-6-4-7-12-24)34-33(35)29-21-17-27(18-22-29)25-13-8-5-9-14-25/h4-9,11-22,30-32H,2-3,10,23H2,1H3,(H,34,35)/t30-,31-,32?/m1/s1. The lowest BCUT2D eigenvalue weighted by Crippen LogP contribution is -2.30. The fourth-order valence-corrected chi connectivity index (χ4v) is 5.10. The number of hydrogen-bond donors (Lipinski definition) is 1. The molecule has 5 rings (SSSR count). The number of unbranched alkanes of at least 4 members (excludes halogenated alkanes) is 1. The minimum atomic E-state index is 0.00268. The average molecular weight is 460 g/mol. The minimum absolute atomic E-state index is 0.00268. The molecule has 1 saturated carbocycles. The molecule has 0 bridgehead atoms. The molecule has 1 N–H and O–H groups in total. The van der Waals surface area contributed by atoms with Gasteiger partial charge in [0, 0.05) is 5.56 Å². The van der Waals surface area contributed by atoms with Crippen LogP contribution in [0.3, 0.4) is 0 Å². The Morgan fingerprint density at radius 1 is 0.743 bits per heavy atom. The molecule has 0 heterocycles. The molecule has 1 amide bonds. The number of benzene rings is 4. The van der Waals surface area contributed by atoms with Gasteiger partial charge >= 0.3 is 0 Å². The lowest BCUT2D eigenvalue weighted by atomic mass is 9.96. The Balaban J connectivity index is 1.34. The van der Waals surface area contributed by atoms with E-state index in [0.29, 0.717) is 17.4 Å². The Morgan fingerprint density at radius 3 is 1.80 bits per heavy atom. The molecule has 0 aliphatic heterocycles. The van der Waals surface area contributed by atoms with Crippen molar-refractivity contribution < 1.29 is 4.79 Å². The first-order chi connectivity index (χ1) is 17.2. The van der Waals surface area contributed by atoms with E-state index in [0.717, 1.165) is 11.1 Å². The third-order valence-electron chi connectivity index (χ3n) is 7.25. The largest absolute Gasteiger partial charge is 0.345 e. The summed E-state index contributed by atoms with van der Waals surface area (Å²) < 4.78 is 0. The van der Waals surface area contributed by atoms with E-state index >= 15 is 0 Å². The van der Waals surface area contributed by atoms with Crippen molar-refractivity contribution in [1.29, 1.82) is 0 Å². The quantitative estimate of drug-likeness (QED) is 0.268. The maximum atomic E-state index is 13.3. The number of hydrogen-bond acceptors (Lipinski definition) is 1. The van der Waals surface area contributed by atoms with Crippen LogP contribution >= 0.6 is 0 Å². The van der Waals surface area contributed by atoms with Gasteiger partial charge < -0.3 is 5.32 Å². The molecule has 35 heavy (non-hydrogen) atoms. The molecule has 1 aliphatic carbocycles. The predicted octanol–water partition coefficient (Wildman–Crippen LogP) is 8.32. The zero-order valence-electron chi connectivity index (χ0n) is 20.4. The van der Waals surface area contributed by atoms with E-state index in [2.05, 4.69) is 72.9 Å². The van der Waals surface area contributed by atoms with Crippen LogP contribution in [0.2, 0.25) is 0 Å². The van der Waals surface area contributed by atoms with Crippen LogP contribution in [0.5, 0.6) is 0 Å². The molecule has 1 unspecified atom stereocenters. The molecule has 0 saturated heterocycles. The number of carbonyl (C=O) groups is 1. The summed E-state index contributed by atoms with van der Waals surface area (Å²) in [6.07, 6.45) is 4.93. The fourth-order valence-electron chi connectivity index (χ4n) is 5.10. The smallest absolute Gasteiger partial charge is 0.251 e. The maximum Gasteiger partial charge on any atom is 0.251 e. The molecule has 4 aromatic carbocycles. The van der Waals surface area contributed by atoms with Gasteiger partial charge in [-0.1, -0.05) is 123 Å². The summed E-state index contributed by atoms with van der Waals surface area (Å²) in [6, 6.07) is 37.5. The second-order valence-corrected chi connectivity index (χ2v) is 9.68.